The van der Waals surface area contributed by atoms with Crippen molar-refractivity contribution < 1.29 is 9.47 Å². The van der Waals surface area contributed by atoms with Crippen molar-refractivity contribution in [1.29, 1.82) is 0 Å². The second-order valence-electron chi connectivity index (χ2n) is 4.83. The second-order valence-corrected chi connectivity index (χ2v) is 4.83. The molecule has 1 aliphatic heterocycles. The summed E-state index contributed by atoms with van der Waals surface area (Å²) < 4.78 is 11.5. The van der Waals surface area contributed by atoms with Crippen LogP contribution in [-0.2, 0) is 0 Å². The SMILES string of the molecule is COc1ccccc1OC1CNCCN1c1cccnc1. The molecule has 1 fully saturated rings. The van der Waals surface area contributed by atoms with E-state index in [9.17, 15) is 0 Å². The largest absolute Gasteiger partial charge is 0.493 e. The van der Waals surface area contributed by atoms with Crippen molar-refractivity contribution in [3.05, 3.63) is 48.8 Å². The lowest BCUT2D eigenvalue weighted by Gasteiger charge is -2.37. The summed E-state index contributed by atoms with van der Waals surface area (Å²) in [6.45, 7) is 2.57. The van der Waals surface area contributed by atoms with E-state index in [1.165, 1.54) is 0 Å². The van der Waals surface area contributed by atoms with Crippen LogP contribution in [0.5, 0.6) is 11.5 Å². The van der Waals surface area contributed by atoms with Gasteiger partial charge in [-0.15, -0.1) is 0 Å². The van der Waals surface area contributed by atoms with Crippen LogP contribution >= 0.6 is 0 Å². The Morgan fingerprint density at radius 3 is 2.81 bits per heavy atom. The van der Waals surface area contributed by atoms with Gasteiger partial charge in [-0.05, 0) is 24.3 Å². The summed E-state index contributed by atoms with van der Waals surface area (Å²) in [5.74, 6) is 1.50. The van der Waals surface area contributed by atoms with Gasteiger partial charge in [-0.25, -0.2) is 0 Å². The van der Waals surface area contributed by atoms with Gasteiger partial charge >= 0.3 is 0 Å². The number of ether oxygens (including phenoxy) is 2. The van der Waals surface area contributed by atoms with E-state index in [2.05, 4.69) is 21.3 Å². The molecule has 1 saturated heterocycles. The van der Waals surface area contributed by atoms with E-state index < -0.39 is 0 Å². The Kier molecular flexibility index (Phi) is 4.21. The van der Waals surface area contributed by atoms with Gasteiger partial charge in [0.15, 0.2) is 17.7 Å². The van der Waals surface area contributed by atoms with Gasteiger partial charge < -0.3 is 19.7 Å². The molecule has 0 radical (unpaired) electrons. The number of aromatic nitrogens is 1. The fraction of sp³-hybridized carbons (Fsp3) is 0.312. The van der Waals surface area contributed by atoms with Crippen molar-refractivity contribution in [2.45, 2.75) is 6.23 Å². The number of nitrogens with zero attached hydrogens (tertiary/aromatic N) is 2. The van der Waals surface area contributed by atoms with E-state index in [-0.39, 0.29) is 6.23 Å². The molecule has 0 saturated carbocycles. The lowest BCUT2D eigenvalue weighted by atomic mass is 10.2. The van der Waals surface area contributed by atoms with Crippen LogP contribution in [0, 0.1) is 0 Å². The van der Waals surface area contributed by atoms with Crippen molar-refractivity contribution in [2.24, 2.45) is 0 Å². The number of nitrogens with one attached hydrogen (secondary N) is 1. The van der Waals surface area contributed by atoms with Crippen molar-refractivity contribution in [3.8, 4) is 11.5 Å². The zero-order valence-corrected chi connectivity index (χ0v) is 12.0. The molecule has 3 rings (SSSR count). The minimum atomic E-state index is -0.0840. The van der Waals surface area contributed by atoms with Crippen LogP contribution < -0.4 is 19.7 Å². The Bertz CT molecular complexity index is 577. The molecule has 1 aromatic carbocycles. The second kappa shape index (κ2) is 6.45. The highest BCUT2D eigenvalue weighted by Gasteiger charge is 2.25. The first-order chi connectivity index (χ1) is 10.4. The van der Waals surface area contributed by atoms with Gasteiger partial charge in [-0.1, -0.05) is 12.1 Å². The van der Waals surface area contributed by atoms with Crippen molar-refractivity contribution in [3.63, 3.8) is 0 Å². The van der Waals surface area contributed by atoms with E-state index in [1.807, 2.05) is 36.5 Å². The smallest absolute Gasteiger partial charge is 0.185 e. The van der Waals surface area contributed by atoms with Crippen molar-refractivity contribution in [1.82, 2.24) is 10.3 Å². The first kappa shape index (κ1) is 13.7. The number of piperazine rings is 1. The fourth-order valence-electron chi connectivity index (χ4n) is 2.47. The summed E-state index contributed by atoms with van der Waals surface area (Å²) in [6.07, 6.45) is 3.56. The Labute approximate surface area is 124 Å². The van der Waals surface area contributed by atoms with Gasteiger partial charge in [-0.2, -0.15) is 0 Å². The van der Waals surface area contributed by atoms with Crippen LogP contribution in [0.2, 0.25) is 0 Å². The first-order valence-corrected chi connectivity index (χ1v) is 7.05. The summed E-state index contributed by atoms with van der Waals surface area (Å²) in [5.41, 5.74) is 1.07. The molecule has 1 atom stereocenters. The molecule has 5 heteroatoms. The molecule has 2 aromatic rings. The number of hydrogen-bond acceptors (Lipinski definition) is 5. The van der Waals surface area contributed by atoms with Crippen LogP contribution in [0.3, 0.4) is 0 Å². The average molecular weight is 285 g/mol. The minimum Gasteiger partial charge on any atom is -0.493 e. The van der Waals surface area contributed by atoms with Crippen LogP contribution in [0.1, 0.15) is 0 Å². The van der Waals surface area contributed by atoms with Crippen LogP contribution in [-0.4, -0.2) is 38.0 Å². The predicted molar refractivity (Wildman–Crippen MR) is 81.9 cm³/mol. The maximum Gasteiger partial charge on any atom is 0.185 e. The number of methoxy groups -OCH3 is 1. The number of para-hydroxylation sites is 2. The highest BCUT2D eigenvalue weighted by molar-refractivity contribution is 5.46. The third kappa shape index (κ3) is 3.08. The number of hydrogen-bond donors (Lipinski definition) is 1. The van der Waals surface area contributed by atoms with E-state index in [0.29, 0.717) is 0 Å². The van der Waals surface area contributed by atoms with Crippen LogP contribution in [0.4, 0.5) is 5.69 Å². The van der Waals surface area contributed by atoms with Gasteiger partial charge in [-0.3, -0.25) is 4.98 Å². The molecule has 2 heterocycles. The molecule has 1 unspecified atom stereocenters. The standard InChI is InChI=1S/C16H19N3O2/c1-20-14-6-2-3-7-15(14)21-16-12-18-9-10-19(16)13-5-4-8-17-11-13/h2-8,11,16,18H,9-10,12H2,1H3. The van der Waals surface area contributed by atoms with Gasteiger partial charge in [0.1, 0.15) is 0 Å². The number of rotatable bonds is 4. The van der Waals surface area contributed by atoms with E-state index >= 15 is 0 Å². The molecule has 21 heavy (non-hydrogen) atoms. The molecule has 0 amide bonds. The molecule has 1 aromatic heterocycles. The maximum atomic E-state index is 6.16. The van der Waals surface area contributed by atoms with E-state index in [0.717, 1.165) is 36.8 Å². The summed E-state index contributed by atoms with van der Waals surface area (Å²) >= 11 is 0. The fourth-order valence-corrected chi connectivity index (χ4v) is 2.47. The molecule has 5 nitrogen and oxygen atoms in total. The number of pyridine rings is 1. The third-order valence-electron chi connectivity index (χ3n) is 3.51. The Morgan fingerprint density at radius 2 is 2.05 bits per heavy atom. The minimum absolute atomic E-state index is 0.0840. The summed E-state index contributed by atoms with van der Waals surface area (Å²) in [5, 5.41) is 3.36. The highest BCUT2D eigenvalue weighted by atomic mass is 16.5. The van der Waals surface area contributed by atoms with Crippen LogP contribution in [0.25, 0.3) is 0 Å². The molecule has 0 spiro atoms. The van der Waals surface area contributed by atoms with Crippen molar-refractivity contribution >= 4 is 5.69 Å². The van der Waals surface area contributed by atoms with E-state index in [4.69, 9.17) is 9.47 Å². The normalized spacial score (nSPS) is 18.3. The lowest BCUT2D eigenvalue weighted by Crippen LogP contribution is -2.54. The predicted octanol–water partition coefficient (Wildman–Crippen LogP) is 1.90. The molecular formula is C16H19N3O2. The van der Waals surface area contributed by atoms with E-state index in [1.54, 1.807) is 13.3 Å². The molecule has 0 bridgehead atoms. The first-order valence-electron chi connectivity index (χ1n) is 7.05. The number of benzene rings is 1. The Hall–Kier alpha value is -2.27. The quantitative estimate of drug-likeness (QED) is 0.929. The monoisotopic (exact) mass is 285 g/mol. The zero-order valence-electron chi connectivity index (χ0n) is 12.0. The van der Waals surface area contributed by atoms with Gasteiger partial charge in [0.25, 0.3) is 0 Å². The lowest BCUT2D eigenvalue weighted by molar-refractivity contribution is 0.170. The molecule has 1 N–H and O–H groups in total. The van der Waals surface area contributed by atoms with Crippen molar-refractivity contribution in [2.75, 3.05) is 31.6 Å². The summed E-state index contributed by atoms with van der Waals surface area (Å²) in [7, 11) is 1.65. The maximum absolute atomic E-state index is 6.16. The number of anilines is 1. The molecule has 0 aliphatic carbocycles. The molecule has 1 aliphatic rings. The van der Waals surface area contributed by atoms with Gasteiger partial charge in [0, 0.05) is 19.3 Å². The average Bonchev–Trinajstić information content (AvgIpc) is 2.57. The Balaban J connectivity index is 1.82. The molecule has 110 valence electrons. The van der Waals surface area contributed by atoms with Gasteiger partial charge in [0.05, 0.1) is 25.5 Å². The summed E-state index contributed by atoms with van der Waals surface area (Å²) in [4.78, 5) is 6.41. The zero-order chi connectivity index (χ0) is 14.5. The summed E-state index contributed by atoms with van der Waals surface area (Å²) in [6, 6.07) is 11.7. The third-order valence-corrected chi connectivity index (χ3v) is 3.51. The topological polar surface area (TPSA) is 46.6 Å². The molecular weight excluding hydrogens is 266 g/mol. The van der Waals surface area contributed by atoms with Crippen LogP contribution in [0.15, 0.2) is 48.8 Å². The highest BCUT2D eigenvalue weighted by Crippen LogP contribution is 2.28. The Morgan fingerprint density at radius 1 is 1.19 bits per heavy atom. The van der Waals surface area contributed by atoms with Gasteiger partial charge in [0.2, 0.25) is 0 Å².